The standard InChI is InChI=1S/C25H23F3N6O4/c1-33-20(15-37-21-7-6-18(13-29-21)25(26,27)28)19(14-30-33)24-31-23(32-38-24)17-4-2-16(3-5-17)12-22(35)34-8-10-36-11-9-34/h2-7,13-14H,8-12,15H2,1H3. The molecule has 0 saturated carbocycles. The predicted molar refractivity (Wildman–Crippen MR) is 127 cm³/mol. The molecule has 38 heavy (non-hydrogen) atoms. The molecular weight excluding hydrogens is 505 g/mol. The SMILES string of the molecule is Cn1ncc(-c2nc(-c3ccc(CC(=O)N4CCOCC4)cc3)no2)c1COc1ccc(C(F)(F)F)cn1. The van der Waals surface area contributed by atoms with Gasteiger partial charge in [-0.05, 0) is 11.6 Å². The first-order valence-corrected chi connectivity index (χ1v) is 11.7. The van der Waals surface area contributed by atoms with Crippen LogP contribution in [0.1, 0.15) is 16.8 Å². The van der Waals surface area contributed by atoms with E-state index < -0.39 is 11.7 Å². The molecule has 13 heteroatoms. The zero-order valence-electron chi connectivity index (χ0n) is 20.3. The highest BCUT2D eigenvalue weighted by atomic mass is 19.4. The van der Waals surface area contributed by atoms with Crippen molar-refractivity contribution in [3.63, 3.8) is 0 Å². The molecule has 0 bridgehead atoms. The Morgan fingerprint density at radius 1 is 1.08 bits per heavy atom. The van der Waals surface area contributed by atoms with Crippen LogP contribution >= 0.6 is 0 Å². The Labute approximate surface area is 215 Å². The van der Waals surface area contributed by atoms with Gasteiger partial charge in [-0.1, -0.05) is 29.4 Å². The topological polar surface area (TPSA) is 108 Å². The number of benzene rings is 1. The number of rotatable bonds is 7. The van der Waals surface area contributed by atoms with Gasteiger partial charge in [0.05, 0.1) is 42.7 Å². The van der Waals surface area contributed by atoms with Gasteiger partial charge in [0.15, 0.2) is 0 Å². The second-order valence-corrected chi connectivity index (χ2v) is 8.59. The summed E-state index contributed by atoms with van der Waals surface area (Å²) < 4.78 is 56.1. The van der Waals surface area contributed by atoms with Crippen molar-refractivity contribution >= 4 is 5.91 Å². The maximum absolute atomic E-state index is 12.8. The van der Waals surface area contributed by atoms with Crippen LogP contribution in [0, 0.1) is 0 Å². The summed E-state index contributed by atoms with van der Waals surface area (Å²) in [4.78, 5) is 22.5. The van der Waals surface area contributed by atoms with Crippen molar-refractivity contribution < 1.29 is 32.0 Å². The Morgan fingerprint density at radius 2 is 1.84 bits per heavy atom. The van der Waals surface area contributed by atoms with Gasteiger partial charge >= 0.3 is 6.18 Å². The van der Waals surface area contributed by atoms with Crippen LogP contribution in [0.3, 0.4) is 0 Å². The van der Waals surface area contributed by atoms with E-state index in [1.807, 2.05) is 24.3 Å². The van der Waals surface area contributed by atoms with Crippen LogP contribution in [-0.4, -0.2) is 62.0 Å². The first-order valence-electron chi connectivity index (χ1n) is 11.7. The summed E-state index contributed by atoms with van der Waals surface area (Å²) in [6.07, 6.45) is -1.92. The molecule has 0 aliphatic carbocycles. The highest BCUT2D eigenvalue weighted by Crippen LogP contribution is 2.30. The van der Waals surface area contributed by atoms with Gasteiger partial charge in [0.1, 0.15) is 6.61 Å². The normalized spacial score (nSPS) is 14.1. The van der Waals surface area contributed by atoms with Gasteiger partial charge in [-0.25, -0.2) is 4.98 Å². The fourth-order valence-corrected chi connectivity index (χ4v) is 3.91. The molecule has 10 nitrogen and oxygen atoms in total. The van der Waals surface area contributed by atoms with Crippen LogP contribution in [0.25, 0.3) is 22.8 Å². The van der Waals surface area contributed by atoms with E-state index in [2.05, 4.69) is 20.2 Å². The molecule has 1 amide bonds. The molecule has 1 aliphatic heterocycles. The van der Waals surface area contributed by atoms with Gasteiger partial charge in [0.2, 0.25) is 17.6 Å². The van der Waals surface area contributed by atoms with Gasteiger partial charge in [0.25, 0.3) is 5.89 Å². The van der Waals surface area contributed by atoms with E-state index in [0.717, 1.165) is 17.7 Å². The molecule has 4 aromatic rings. The van der Waals surface area contributed by atoms with Gasteiger partial charge in [-0.2, -0.15) is 23.3 Å². The minimum Gasteiger partial charge on any atom is -0.471 e. The minimum absolute atomic E-state index is 0.0311. The van der Waals surface area contributed by atoms with E-state index in [1.165, 1.54) is 6.20 Å². The number of amides is 1. The van der Waals surface area contributed by atoms with Crippen molar-refractivity contribution in [2.75, 3.05) is 26.3 Å². The number of ether oxygens (including phenoxy) is 2. The van der Waals surface area contributed by atoms with Crippen LogP contribution in [0.2, 0.25) is 0 Å². The minimum atomic E-state index is -4.48. The van der Waals surface area contributed by atoms with Crippen molar-refractivity contribution in [1.29, 1.82) is 0 Å². The van der Waals surface area contributed by atoms with Crippen LogP contribution < -0.4 is 4.74 Å². The molecule has 0 radical (unpaired) electrons. The number of hydrogen-bond acceptors (Lipinski definition) is 8. The molecule has 3 aromatic heterocycles. The number of carbonyl (C=O) groups is 1. The molecule has 0 N–H and O–H groups in total. The predicted octanol–water partition coefficient (Wildman–Crippen LogP) is 3.53. The number of hydrogen-bond donors (Lipinski definition) is 0. The fourth-order valence-electron chi connectivity index (χ4n) is 3.91. The van der Waals surface area contributed by atoms with E-state index in [0.29, 0.717) is 61.6 Å². The average molecular weight is 528 g/mol. The maximum atomic E-state index is 12.8. The Kier molecular flexibility index (Phi) is 7.09. The number of carbonyl (C=O) groups excluding carboxylic acids is 1. The quantitative estimate of drug-likeness (QED) is 0.359. The number of halogens is 3. The molecule has 1 aromatic carbocycles. The third-order valence-electron chi connectivity index (χ3n) is 6.07. The average Bonchev–Trinajstić information content (AvgIpc) is 3.55. The second kappa shape index (κ2) is 10.6. The Morgan fingerprint density at radius 3 is 2.53 bits per heavy atom. The van der Waals surface area contributed by atoms with Crippen molar-refractivity contribution in [2.24, 2.45) is 7.05 Å². The lowest BCUT2D eigenvalue weighted by molar-refractivity contribution is -0.138. The highest BCUT2D eigenvalue weighted by Gasteiger charge is 2.30. The summed E-state index contributed by atoms with van der Waals surface area (Å²) >= 11 is 0. The van der Waals surface area contributed by atoms with Crippen LogP contribution in [0.15, 0.2) is 53.3 Å². The third-order valence-corrected chi connectivity index (χ3v) is 6.07. The Balaban J connectivity index is 1.25. The molecule has 1 aliphatic rings. The number of aromatic nitrogens is 5. The maximum Gasteiger partial charge on any atom is 0.417 e. The van der Waals surface area contributed by atoms with E-state index in [-0.39, 0.29) is 24.3 Å². The largest absolute Gasteiger partial charge is 0.471 e. The van der Waals surface area contributed by atoms with Gasteiger partial charge in [-0.15, -0.1) is 0 Å². The lowest BCUT2D eigenvalue weighted by Gasteiger charge is -2.26. The van der Waals surface area contributed by atoms with Crippen molar-refractivity contribution in [1.82, 2.24) is 29.8 Å². The van der Waals surface area contributed by atoms with Crippen LogP contribution in [0.5, 0.6) is 5.88 Å². The second-order valence-electron chi connectivity index (χ2n) is 8.59. The molecule has 0 spiro atoms. The number of nitrogens with zero attached hydrogens (tertiary/aromatic N) is 6. The third kappa shape index (κ3) is 5.67. The summed E-state index contributed by atoms with van der Waals surface area (Å²) in [6, 6.07) is 9.40. The van der Waals surface area contributed by atoms with Gasteiger partial charge < -0.3 is 18.9 Å². The zero-order valence-corrected chi connectivity index (χ0v) is 20.3. The number of morpholine rings is 1. The first-order chi connectivity index (χ1) is 18.3. The van der Waals surface area contributed by atoms with Gasteiger partial charge in [-0.3, -0.25) is 9.48 Å². The van der Waals surface area contributed by atoms with Crippen molar-refractivity contribution in [2.45, 2.75) is 19.2 Å². The lowest BCUT2D eigenvalue weighted by atomic mass is 10.1. The Bertz CT molecular complexity index is 1390. The van der Waals surface area contributed by atoms with E-state index >= 15 is 0 Å². The van der Waals surface area contributed by atoms with Gasteiger partial charge in [0, 0.05) is 38.0 Å². The summed E-state index contributed by atoms with van der Waals surface area (Å²) in [6.45, 7) is 2.28. The van der Waals surface area contributed by atoms with Crippen molar-refractivity contribution in [3.05, 3.63) is 65.6 Å². The van der Waals surface area contributed by atoms with E-state index in [1.54, 1.807) is 16.6 Å². The number of aryl methyl sites for hydroxylation is 1. The lowest BCUT2D eigenvalue weighted by Crippen LogP contribution is -2.41. The van der Waals surface area contributed by atoms with Crippen LogP contribution in [0.4, 0.5) is 13.2 Å². The van der Waals surface area contributed by atoms with Crippen LogP contribution in [-0.2, 0) is 35.8 Å². The van der Waals surface area contributed by atoms with Crippen molar-refractivity contribution in [3.8, 4) is 28.7 Å². The number of alkyl halides is 3. The van der Waals surface area contributed by atoms with E-state index in [4.69, 9.17) is 14.0 Å². The Hall–Kier alpha value is -4.26. The zero-order chi connectivity index (χ0) is 26.7. The molecule has 4 heterocycles. The summed E-state index contributed by atoms with van der Waals surface area (Å²) in [5.74, 6) is 0.647. The smallest absolute Gasteiger partial charge is 0.417 e. The molecule has 5 rings (SSSR count). The van der Waals surface area contributed by atoms with E-state index in [9.17, 15) is 18.0 Å². The molecule has 0 unspecified atom stereocenters. The first kappa shape index (κ1) is 25.4. The monoisotopic (exact) mass is 528 g/mol. The summed E-state index contributed by atoms with van der Waals surface area (Å²) in [5.41, 5.74) is 1.81. The molecule has 1 saturated heterocycles. The highest BCUT2D eigenvalue weighted by molar-refractivity contribution is 5.79. The summed E-state index contributed by atoms with van der Waals surface area (Å²) in [5, 5.41) is 8.26. The molecule has 0 atom stereocenters. The summed E-state index contributed by atoms with van der Waals surface area (Å²) in [7, 11) is 1.69. The molecule has 198 valence electrons. The molecular formula is C25H23F3N6O4. The molecule has 1 fully saturated rings. The number of pyridine rings is 1. The fraction of sp³-hybridized carbons (Fsp3) is 0.320.